The number of hydrogen-bond acceptors (Lipinski definition) is 5. The minimum atomic E-state index is -0.681. The van der Waals surface area contributed by atoms with Gasteiger partial charge in [-0.05, 0) is 18.6 Å². The molecule has 0 aliphatic carbocycles. The zero-order chi connectivity index (χ0) is 15.9. The van der Waals surface area contributed by atoms with Gasteiger partial charge in [0.05, 0.1) is 6.26 Å². The van der Waals surface area contributed by atoms with E-state index in [0.717, 1.165) is 0 Å². The first kappa shape index (κ1) is 16.0. The van der Waals surface area contributed by atoms with Crippen molar-refractivity contribution >= 4 is 17.7 Å². The van der Waals surface area contributed by atoms with Gasteiger partial charge in [-0.1, -0.05) is 0 Å². The molecule has 8 heteroatoms. The van der Waals surface area contributed by atoms with Crippen molar-refractivity contribution in [3.05, 3.63) is 24.2 Å². The molecule has 0 spiro atoms. The van der Waals surface area contributed by atoms with Crippen LogP contribution in [0.2, 0.25) is 0 Å². The van der Waals surface area contributed by atoms with Crippen LogP contribution in [0.4, 0.5) is 0 Å². The number of nitrogens with zero attached hydrogens (tertiary/aromatic N) is 2. The second-order valence-corrected chi connectivity index (χ2v) is 4.89. The van der Waals surface area contributed by atoms with Gasteiger partial charge >= 0.3 is 11.8 Å². The van der Waals surface area contributed by atoms with Crippen molar-refractivity contribution in [2.24, 2.45) is 0 Å². The lowest BCUT2D eigenvalue weighted by molar-refractivity contribution is -0.146. The monoisotopic (exact) mass is 309 g/mol. The number of nitrogens with one attached hydrogen (secondary N) is 1. The second kappa shape index (κ2) is 7.60. The fourth-order valence-corrected chi connectivity index (χ4v) is 2.17. The highest BCUT2D eigenvalue weighted by molar-refractivity contribution is 6.35. The van der Waals surface area contributed by atoms with Crippen LogP contribution in [0.3, 0.4) is 0 Å². The molecule has 3 amide bonds. The van der Waals surface area contributed by atoms with Crippen LogP contribution in [-0.2, 0) is 9.59 Å². The third-order valence-electron chi connectivity index (χ3n) is 3.40. The molecule has 0 bridgehead atoms. The fraction of sp³-hybridized carbons (Fsp3) is 0.500. The molecule has 0 aromatic carbocycles. The van der Waals surface area contributed by atoms with Crippen molar-refractivity contribution in [3.8, 4) is 0 Å². The number of aliphatic hydroxyl groups excluding tert-OH is 1. The summed E-state index contributed by atoms with van der Waals surface area (Å²) >= 11 is 0. The van der Waals surface area contributed by atoms with E-state index in [1.54, 1.807) is 17.0 Å². The smallest absolute Gasteiger partial charge is 0.312 e. The molecule has 120 valence electrons. The first-order chi connectivity index (χ1) is 10.6. The largest absolute Gasteiger partial charge is 0.459 e. The summed E-state index contributed by atoms with van der Waals surface area (Å²) in [6.07, 6.45) is 1.84. The number of amides is 3. The van der Waals surface area contributed by atoms with Crippen molar-refractivity contribution in [3.63, 3.8) is 0 Å². The van der Waals surface area contributed by atoms with Crippen molar-refractivity contribution < 1.29 is 23.9 Å². The molecule has 1 saturated heterocycles. The van der Waals surface area contributed by atoms with Crippen molar-refractivity contribution in [2.75, 3.05) is 39.3 Å². The lowest BCUT2D eigenvalue weighted by Gasteiger charge is -2.33. The Morgan fingerprint density at radius 3 is 2.45 bits per heavy atom. The van der Waals surface area contributed by atoms with Crippen molar-refractivity contribution in [1.82, 2.24) is 15.1 Å². The normalized spacial score (nSPS) is 14.8. The van der Waals surface area contributed by atoms with E-state index in [1.165, 1.54) is 11.2 Å². The zero-order valence-corrected chi connectivity index (χ0v) is 12.2. The standard InChI is InChI=1S/C14H19N3O5/c18-9-2-4-15-12(19)14(21)17-7-5-16(6-8-17)13(20)11-3-1-10-22-11/h1,3,10,18H,2,4-9H2,(H,15,19). The van der Waals surface area contributed by atoms with Gasteiger partial charge < -0.3 is 24.6 Å². The van der Waals surface area contributed by atoms with Gasteiger partial charge in [0.1, 0.15) is 0 Å². The van der Waals surface area contributed by atoms with Gasteiger partial charge in [0.2, 0.25) is 0 Å². The molecule has 0 saturated carbocycles. The predicted molar refractivity (Wildman–Crippen MR) is 75.9 cm³/mol. The zero-order valence-electron chi connectivity index (χ0n) is 12.2. The van der Waals surface area contributed by atoms with E-state index in [-0.39, 0.29) is 24.8 Å². The number of rotatable bonds is 4. The summed E-state index contributed by atoms with van der Waals surface area (Å²) in [5, 5.41) is 11.1. The van der Waals surface area contributed by atoms with Gasteiger partial charge in [-0.2, -0.15) is 0 Å². The number of carbonyl (C=O) groups is 3. The molecular weight excluding hydrogens is 290 g/mol. The van der Waals surface area contributed by atoms with E-state index in [0.29, 0.717) is 32.6 Å². The SMILES string of the molecule is O=C(NCCCO)C(=O)N1CCN(C(=O)c2ccco2)CC1. The molecule has 0 unspecified atom stereocenters. The number of piperazine rings is 1. The Morgan fingerprint density at radius 1 is 1.18 bits per heavy atom. The summed E-state index contributed by atoms with van der Waals surface area (Å²) < 4.78 is 5.06. The van der Waals surface area contributed by atoms with Gasteiger partial charge in [-0.15, -0.1) is 0 Å². The maximum atomic E-state index is 12.1. The third-order valence-corrected chi connectivity index (χ3v) is 3.40. The van der Waals surface area contributed by atoms with Gasteiger partial charge in [-0.25, -0.2) is 0 Å². The Kier molecular flexibility index (Phi) is 5.54. The highest BCUT2D eigenvalue weighted by Gasteiger charge is 2.28. The maximum Gasteiger partial charge on any atom is 0.312 e. The van der Waals surface area contributed by atoms with Gasteiger partial charge in [-0.3, -0.25) is 14.4 Å². The second-order valence-electron chi connectivity index (χ2n) is 4.89. The molecule has 1 aliphatic rings. The van der Waals surface area contributed by atoms with E-state index in [1.807, 2.05) is 0 Å². The van der Waals surface area contributed by atoms with E-state index in [9.17, 15) is 14.4 Å². The molecule has 0 radical (unpaired) electrons. The Balaban J connectivity index is 1.80. The van der Waals surface area contributed by atoms with Crippen LogP contribution in [-0.4, -0.2) is 72.0 Å². The van der Waals surface area contributed by atoms with Crippen molar-refractivity contribution in [1.29, 1.82) is 0 Å². The minimum absolute atomic E-state index is 0.0396. The summed E-state index contributed by atoms with van der Waals surface area (Å²) in [5.41, 5.74) is 0. The lowest BCUT2D eigenvalue weighted by atomic mass is 10.2. The molecule has 0 atom stereocenters. The van der Waals surface area contributed by atoms with Crippen LogP contribution in [0.1, 0.15) is 17.0 Å². The summed E-state index contributed by atoms with van der Waals surface area (Å²) in [7, 11) is 0. The fourth-order valence-electron chi connectivity index (χ4n) is 2.17. The van der Waals surface area contributed by atoms with Crippen LogP contribution in [0.5, 0.6) is 0 Å². The molecule has 2 rings (SSSR count). The molecule has 1 fully saturated rings. The summed E-state index contributed by atoms with van der Waals surface area (Å²) in [5.74, 6) is -1.24. The predicted octanol–water partition coefficient (Wildman–Crippen LogP) is -0.937. The highest BCUT2D eigenvalue weighted by atomic mass is 16.3. The lowest BCUT2D eigenvalue weighted by Crippen LogP contribution is -2.53. The number of hydrogen-bond donors (Lipinski definition) is 2. The Hall–Kier alpha value is -2.35. The molecule has 2 heterocycles. The van der Waals surface area contributed by atoms with E-state index >= 15 is 0 Å². The molecule has 1 aromatic rings. The molecule has 2 N–H and O–H groups in total. The van der Waals surface area contributed by atoms with E-state index in [4.69, 9.17) is 9.52 Å². The first-order valence-electron chi connectivity index (χ1n) is 7.14. The topological polar surface area (TPSA) is 103 Å². The maximum absolute atomic E-state index is 12.1. The number of aliphatic hydroxyl groups is 1. The van der Waals surface area contributed by atoms with Crippen LogP contribution < -0.4 is 5.32 Å². The van der Waals surface area contributed by atoms with E-state index < -0.39 is 11.8 Å². The summed E-state index contributed by atoms with van der Waals surface area (Å²) in [6, 6.07) is 3.23. The Labute approximate surface area is 127 Å². The quantitative estimate of drug-likeness (QED) is 0.552. The Morgan fingerprint density at radius 2 is 1.86 bits per heavy atom. The van der Waals surface area contributed by atoms with Crippen LogP contribution >= 0.6 is 0 Å². The third kappa shape index (κ3) is 3.85. The molecule has 8 nitrogen and oxygen atoms in total. The molecule has 22 heavy (non-hydrogen) atoms. The molecule has 1 aromatic heterocycles. The minimum Gasteiger partial charge on any atom is -0.459 e. The first-order valence-corrected chi connectivity index (χ1v) is 7.14. The van der Waals surface area contributed by atoms with Crippen LogP contribution in [0, 0.1) is 0 Å². The number of furan rings is 1. The van der Waals surface area contributed by atoms with Crippen molar-refractivity contribution in [2.45, 2.75) is 6.42 Å². The van der Waals surface area contributed by atoms with Gasteiger partial charge in [0.25, 0.3) is 5.91 Å². The summed E-state index contributed by atoms with van der Waals surface area (Å²) in [6.45, 7) is 1.54. The molecule has 1 aliphatic heterocycles. The average Bonchev–Trinajstić information content (AvgIpc) is 3.08. The highest BCUT2D eigenvalue weighted by Crippen LogP contribution is 2.09. The van der Waals surface area contributed by atoms with Gasteiger partial charge in [0.15, 0.2) is 5.76 Å². The Bertz CT molecular complexity index is 521. The van der Waals surface area contributed by atoms with Crippen LogP contribution in [0.15, 0.2) is 22.8 Å². The number of carbonyl (C=O) groups excluding carboxylic acids is 3. The van der Waals surface area contributed by atoms with E-state index in [2.05, 4.69) is 5.32 Å². The van der Waals surface area contributed by atoms with Crippen LogP contribution in [0.25, 0.3) is 0 Å². The molecular formula is C14H19N3O5. The van der Waals surface area contributed by atoms with Gasteiger partial charge in [0, 0.05) is 39.3 Å². The average molecular weight is 309 g/mol. The summed E-state index contributed by atoms with van der Waals surface area (Å²) in [4.78, 5) is 38.6.